The van der Waals surface area contributed by atoms with E-state index in [0.717, 1.165) is 17.8 Å². The molecule has 0 bridgehead atoms. The maximum absolute atomic E-state index is 13.9. The van der Waals surface area contributed by atoms with Crippen molar-refractivity contribution in [1.29, 1.82) is 0 Å². The van der Waals surface area contributed by atoms with Gasteiger partial charge in [0, 0.05) is 29.2 Å². The average molecular weight is 314 g/mol. The highest BCUT2D eigenvalue weighted by Gasteiger charge is 2.22. The van der Waals surface area contributed by atoms with Crippen molar-refractivity contribution in [2.75, 3.05) is 11.4 Å². The highest BCUT2D eigenvalue weighted by atomic mass is 79.9. The largest absolute Gasteiger partial charge is 0.368 e. The number of alkyl halides is 1. The Kier molecular flexibility index (Phi) is 5.04. The second-order valence-electron chi connectivity index (χ2n) is 4.95. The molecule has 0 N–H and O–H groups in total. The summed E-state index contributed by atoms with van der Waals surface area (Å²) in [6, 6.07) is 6.01. The van der Waals surface area contributed by atoms with E-state index in [1.165, 1.54) is 32.1 Å². The summed E-state index contributed by atoms with van der Waals surface area (Å²) in [5.74, 6) is -0.0985. The molecule has 1 aromatic carbocycles. The van der Waals surface area contributed by atoms with Gasteiger partial charge in [-0.2, -0.15) is 0 Å². The van der Waals surface area contributed by atoms with E-state index in [9.17, 15) is 4.39 Å². The van der Waals surface area contributed by atoms with Crippen LogP contribution in [0.4, 0.5) is 10.1 Å². The van der Waals surface area contributed by atoms with Crippen LogP contribution in [0.3, 0.4) is 0 Å². The lowest BCUT2D eigenvalue weighted by atomic mass is 9.93. The van der Waals surface area contributed by atoms with Gasteiger partial charge in [0.15, 0.2) is 0 Å². The molecule has 18 heavy (non-hydrogen) atoms. The first kappa shape index (κ1) is 13.9. The van der Waals surface area contributed by atoms with Crippen LogP contribution in [-0.2, 0) is 5.33 Å². The van der Waals surface area contributed by atoms with Gasteiger partial charge in [0.1, 0.15) is 5.82 Å². The minimum Gasteiger partial charge on any atom is -0.368 e. The molecule has 0 saturated heterocycles. The second kappa shape index (κ2) is 6.55. The number of anilines is 1. The Bertz CT molecular complexity index is 388. The third-order valence-corrected chi connectivity index (χ3v) is 4.45. The Hall–Kier alpha value is -0.570. The fourth-order valence-corrected chi connectivity index (χ4v) is 3.52. The van der Waals surface area contributed by atoms with Gasteiger partial charge in [-0.25, -0.2) is 4.39 Å². The van der Waals surface area contributed by atoms with Crippen LogP contribution < -0.4 is 4.90 Å². The molecule has 2 rings (SSSR count). The molecule has 0 heterocycles. The Morgan fingerprint density at radius 3 is 2.61 bits per heavy atom. The smallest absolute Gasteiger partial charge is 0.129 e. The molecular formula is C15H21BrFN. The zero-order valence-electron chi connectivity index (χ0n) is 11.0. The highest BCUT2D eigenvalue weighted by molar-refractivity contribution is 9.08. The SMILES string of the molecule is CCN(c1cccc(F)c1CBr)C1CCCCC1. The van der Waals surface area contributed by atoms with Gasteiger partial charge < -0.3 is 4.90 Å². The maximum Gasteiger partial charge on any atom is 0.129 e. The summed E-state index contributed by atoms with van der Waals surface area (Å²) in [6.45, 7) is 3.12. The zero-order chi connectivity index (χ0) is 13.0. The predicted octanol–water partition coefficient (Wildman–Crippen LogP) is 4.88. The maximum atomic E-state index is 13.9. The number of nitrogens with zero attached hydrogens (tertiary/aromatic N) is 1. The Morgan fingerprint density at radius 1 is 1.28 bits per heavy atom. The number of halogens is 2. The van der Waals surface area contributed by atoms with E-state index in [1.54, 1.807) is 6.07 Å². The Balaban J connectivity index is 2.28. The molecule has 0 spiro atoms. The van der Waals surface area contributed by atoms with Crippen molar-refractivity contribution >= 4 is 21.6 Å². The number of rotatable bonds is 4. The molecular weight excluding hydrogens is 293 g/mol. The van der Waals surface area contributed by atoms with Crippen LogP contribution in [-0.4, -0.2) is 12.6 Å². The molecule has 100 valence electrons. The second-order valence-corrected chi connectivity index (χ2v) is 5.51. The van der Waals surface area contributed by atoms with E-state index >= 15 is 0 Å². The molecule has 0 radical (unpaired) electrons. The highest BCUT2D eigenvalue weighted by Crippen LogP contribution is 2.31. The van der Waals surface area contributed by atoms with Crippen LogP contribution in [0.25, 0.3) is 0 Å². The molecule has 1 saturated carbocycles. The number of hydrogen-bond acceptors (Lipinski definition) is 1. The predicted molar refractivity (Wildman–Crippen MR) is 78.9 cm³/mol. The number of benzene rings is 1. The molecule has 0 atom stereocenters. The molecule has 0 aliphatic heterocycles. The van der Waals surface area contributed by atoms with Gasteiger partial charge in [0.25, 0.3) is 0 Å². The van der Waals surface area contributed by atoms with E-state index in [-0.39, 0.29) is 5.82 Å². The van der Waals surface area contributed by atoms with Crippen molar-refractivity contribution in [2.24, 2.45) is 0 Å². The van der Waals surface area contributed by atoms with Crippen LogP contribution in [0.2, 0.25) is 0 Å². The van der Waals surface area contributed by atoms with E-state index in [4.69, 9.17) is 0 Å². The summed E-state index contributed by atoms with van der Waals surface area (Å²) in [5.41, 5.74) is 1.87. The summed E-state index contributed by atoms with van der Waals surface area (Å²) >= 11 is 3.41. The van der Waals surface area contributed by atoms with Gasteiger partial charge in [0.05, 0.1) is 0 Å². The topological polar surface area (TPSA) is 3.24 Å². The van der Waals surface area contributed by atoms with Gasteiger partial charge >= 0.3 is 0 Å². The molecule has 1 nitrogen and oxygen atoms in total. The molecule has 1 aromatic rings. The van der Waals surface area contributed by atoms with Crippen molar-refractivity contribution < 1.29 is 4.39 Å². The van der Waals surface area contributed by atoms with Gasteiger partial charge in [-0.3, -0.25) is 0 Å². The van der Waals surface area contributed by atoms with Crippen molar-refractivity contribution in [3.8, 4) is 0 Å². The van der Waals surface area contributed by atoms with Crippen molar-refractivity contribution in [3.63, 3.8) is 0 Å². The first-order valence-electron chi connectivity index (χ1n) is 6.88. The standard InChI is InChI=1S/C15H21BrFN/c1-2-18(12-7-4-3-5-8-12)15-10-6-9-14(17)13(15)11-16/h6,9-10,12H,2-5,7-8,11H2,1H3. The molecule has 1 aliphatic carbocycles. The van der Waals surface area contributed by atoms with Crippen LogP contribution in [0.5, 0.6) is 0 Å². The first-order valence-corrected chi connectivity index (χ1v) is 8.00. The summed E-state index contributed by atoms with van der Waals surface area (Å²) < 4.78 is 13.9. The van der Waals surface area contributed by atoms with Crippen LogP contribution in [0.1, 0.15) is 44.6 Å². The zero-order valence-corrected chi connectivity index (χ0v) is 12.5. The van der Waals surface area contributed by atoms with E-state index in [2.05, 4.69) is 33.8 Å². The lowest BCUT2D eigenvalue weighted by Gasteiger charge is -2.36. The summed E-state index contributed by atoms with van der Waals surface area (Å²) in [5, 5.41) is 0.582. The normalized spacial score (nSPS) is 16.8. The van der Waals surface area contributed by atoms with Gasteiger partial charge in [0.2, 0.25) is 0 Å². The minimum atomic E-state index is -0.0985. The molecule has 0 unspecified atom stereocenters. The monoisotopic (exact) mass is 313 g/mol. The Labute approximate surface area is 118 Å². The van der Waals surface area contributed by atoms with E-state index in [1.807, 2.05) is 6.07 Å². The Morgan fingerprint density at radius 2 is 2.00 bits per heavy atom. The van der Waals surface area contributed by atoms with Crippen LogP contribution >= 0.6 is 15.9 Å². The first-order chi connectivity index (χ1) is 8.77. The third-order valence-electron chi connectivity index (χ3n) is 3.89. The lowest BCUT2D eigenvalue weighted by Crippen LogP contribution is -2.37. The van der Waals surface area contributed by atoms with Gasteiger partial charge in [-0.15, -0.1) is 0 Å². The summed E-state index contributed by atoms with van der Waals surface area (Å²) in [6.07, 6.45) is 6.45. The van der Waals surface area contributed by atoms with E-state index in [0.29, 0.717) is 11.4 Å². The molecule has 1 aliphatic rings. The molecule has 1 fully saturated rings. The van der Waals surface area contributed by atoms with Crippen molar-refractivity contribution in [3.05, 3.63) is 29.6 Å². The summed E-state index contributed by atoms with van der Waals surface area (Å²) in [7, 11) is 0. The van der Waals surface area contributed by atoms with Gasteiger partial charge in [-0.1, -0.05) is 41.3 Å². The van der Waals surface area contributed by atoms with Gasteiger partial charge in [-0.05, 0) is 31.9 Å². The minimum absolute atomic E-state index is 0.0985. The fourth-order valence-electron chi connectivity index (χ4n) is 2.97. The molecule has 0 aromatic heterocycles. The molecule has 3 heteroatoms. The van der Waals surface area contributed by atoms with Crippen LogP contribution in [0.15, 0.2) is 18.2 Å². The molecule has 0 amide bonds. The number of hydrogen-bond donors (Lipinski definition) is 0. The average Bonchev–Trinajstić information content (AvgIpc) is 2.41. The lowest BCUT2D eigenvalue weighted by molar-refractivity contribution is 0.417. The summed E-state index contributed by atoms with van der Waals surface area (Å²) in [4.78, 5) is 2.39. The van der Waals surface area contributed by atoms with E-state index < -0.39 is 0 Å². The van der Waals surface area contributed by atoms with Crippen molar-refractivity contribution in [1.82, 2.24) is 0 Å². The fraction of sp³-hybridized carbons (Fsp3) is 0.600. The van der Waals surface area contributed by atoms with Crippen LogP contribution in [0, 0.1) is 5.82 Å². The quantitative estimate of drug-likeness (QED) is 0.716. The third kappa shape index (κ3) is 2.87. The van der Waals surface area contributed by atoms with Crippen molar-refractivity contribution in [2.45, 2.75) is 50.4 Å².